The van der Waals surface area contributed by atoms with Crippen molar-refractivity contribution >= 4 is 28.3 Å². The lowest BCUT2D eigenvalue weighted by Crippen LogP contribution is -2.29. The predicted molar refractivity (Wildman–Crippen MR) is 71.0 cm³/mol. The van der Waals surface area contributed by atoms with Crippen LogP contribution in [0.1, 0.15) is 4.88 Å². The summed E-state index contributed by atoms with van der Waals surface area (Å²) in [6.07, 6.45) is 6.87. The lowest BCUT2D eigenvalue weighted by molar-refractivity contribution is 0.0730. The summed E-state index contributed by atoms with van der Waals surface area (Å²) in [7, 11) is 1.66. The Bertz CT molecular complexity index is 389. The van der Waals surface area contributed by atoms with E-state index in [1.165, 1.54) is 4.88 Å². The molecule has 0 aliphatic carbocycles. The van der Waals surface area contributed by atoms with E-state index in [0.29, 0.717) is 6.54 Å². The topological polar surface area (TPSA) is 32.7 Å². The van der Waals surface area contributed by atoms with Gasteiger partial charge in [-0.1, -0.05) is 6.08 Å². The monoisotopic (exact) mass is 303 g/mol. The molecule has 0 amide bonds. The van der Waals surface area contributed by atoms with E-state index in [1.54, 1.807) is 24.5 Å². The van der Waals surface area contributed by atoms with Gasteiger partial charge < -0.3 is 14.7 Å². The van der Waals surface area contributed by atoms with Crippen LogP contribution in [0.2, 0.25) is 0 Å². The average molecular weight is 304 g/mol. The minimum atomic E-state index is -0.525. The number of allylic oxidation sites excluding steroid dienone is 2. The Hall–Kier alpha value is -0.780. The number of nitrogens with zero attached hydrogens (tertiary/aromatic N) is 1. The van der Waals surface area contributed by atoms with Crippen molar-refractivity contribution in [2.75, 3.05) is 7.11 Å². The van der Waals surface area contributed by atoms with Gasteiger partial charge in [0.15, 0.2) is 5.06 Å². The van der Waals surface area contributed by atoms with Crippen molar-refractivity contribution in [2.45, 2.75) is 12.8 Å². The summed E-state index contributed by atoms with van der Waals surface area (Å²) in [5, 5.41) is 10.6. The van der Waals surface area contributed by atoms with Gasteiger partial charge >= 0.3 is 0 Å². The standard InChI is InChI=1S/C11H13NO2S.BrH/c1-14-11-6-5-9(15-11)8-12-7-3-2-4-10(12)13;/h2-7,10,13H,8H2,1H3;1H. The molecule has 88 valence electrons. The molecule has 5 heteroatoms. The molecule has 1 aliphatic heterocycles. The van der Waals surface area contributed by atoms with E-state index in [2.05, 4.69) is 0 Å². The number of halogens is 1. The summed E-state index contributed by atoms with van der Waals surface area (Å²) in [4.78, 5) is 3.04. The van der Waals surface area contributed by atoms with Gasteiger partial charge in [-0.15, -0.1) is 28.3 Å². The highest BCUT2D eigenvalue weighted by molar-refractivity contribution is 8.93. The lowest BCUT2D eigenvalue weighted by atomic mass is 10.3. The van der Waals surface area contributed by atoms with E-state index in [4.69, 9.17) is 4.74 Å². The van der Waals surface area contributed by atoms with Crippen LogP contribution in [-0.2, 0) is 6.54 Å². The summed E-state index contributed by atoms with van der Waals surface area (Å²) >= 11 is 1.60. The van der Waals surface area contributed by atoms with Gasteiger partial charge in [0.2, 0.25) is 0 Å². The molecule has 1 aromatic rings. The second-order valence-electron chi connectivity index (χ2n) is 3.24. The Kier molecular flexibility index (Phi) is 5.05. The van der Waals surface area contributed by atoms with Crippen LogP contribution in [0.25, 0.3) is 0 Å². The van der Waals surface area contributed by atoms with Crippen LogP contribution in [0.4, 0.5) is 0 Å². The van der Waals surface area contributed by atoms with Gasteiger partial charge in [-0.05, 0) is 24.3 Å². The summed E-state index contributed by atoms with van der Waals surface area (Å²) < 4.78 is 5.12. The quantitative estimate of drug-likeness (QED) is 0.931. The fraction of sp³-hybridized carbons (Fsp3) is 0.273. The van der Waals surface area contributed by atoms with Gasteiger partial charge in [0.05, 0.1) is 13.7 Å². The lowest BCUT2D eigenvalue weighted by Gasteiger charge is -2.25. The molecular formula is C11H14BrNO2S. The molecule has 1 atom stereocenters. The number of rotatable bonds is 3. The van der Waals surface area contributed by atoms with Crippen molar-refractivity contribution in [3.05, 3.63) is 41.4 Å². The summed E-state index contributed by atoms with van der Waals surface area (Å²) in [5.41, 5.74) is 0. The van der Waals surface area contributed by atoms with Crippen LogP contribution in [-0.4, -0.2) is 23.3 Å². The molecule has 1 N–H and O–H groups in total. The first-order chi connectivity index (χ1) is 7.29. The SMILES string of the molecule is Br.COc1ccc(CN2C=CC=CC2O)s1. The molecule has 0 saturated heterocycles. The smallest absolute Gasteiger partial charge is 0.173 e. The van der Waals surface area contributed by atoms with E-state index in [0.717, 1.165) is 5.06 Å². The van der Waals surface area contributed by atoms with Crippen LogP contribution >= 0.6 is 28.3 Å². The number of aliphatic hydroxyl groups excluding tert-OH is 1. The fourth-order valence-corrected chi connectivity index (χ4v) is 2.23. The minimum Gasteiger partial charge on any atom is -0.487 e. The molecule has 1 unspecified atom stereocenters. The summed E-state index contributed by atoms with van der Waals surface area (Å²) in [5.74, 6) is 0. The van der Waals surface area contributed by atoms with E-state index in [-0.39, 0.29) is 17.0 Å². The number of methoxy groups -OCH3 is 1. The third-order valence-corrected chi connectivity index (χ3v) is 3.22. The van der Waals surface area contributed by atoms with Crippen LogP contribution in [0.3, 0.4) is 0 Å². The Labute approximate surface area is 109 Å². The maximum absolute atomic E-state index is 9.66. The van der Waals surface area contributed by atoms with E-state index in [9.17, 15) is 5.11 Å². The minimum absolute atomic E-state index is 0. The summed E-state index contributed by atoms with van der Waals surface area (Å²) in [6, 6.07) is 3.96. The molecule has 2 rings (SSSR count). The van der Waals surface area contributed by atoms with Gasteiger partial charge in [-0.3, -0.25) is 0 Å². The molecule has 0 aromatic carbocycles. The zero-order valence-electron chi connectivity index (χ0n) is 8.87. The zero-order valence-corrected chi connectivity index (χ0v) is 11.4. The third-order valence-electron chi connectivity index (χ3n) is 2.19. The maximum atomic E-state index is 9.66. The molecule has 1 aromatic heterocycles. The van der Waals surface area contributed by atoms with Crippen molar-refractivity contribution in [3.63, 3.8) is 0 Å². The molecule has 3 nitrogen and oxygen atoms in total. The molecule has 16 heavy (non-hydrogen) atoms. The van der Waals surface area contributed by atoms with Gasteiger partial charge in [-0.2, -0.15) is 0 Å². The molecule has 2 heterocycles. The van der Waals surface area contributed by atoms with Crippen molar-refractivity contribution in [3.8, 4) is 5.06 Å². The third kappa shape index (κ3) is 3.10. The number of ether oxygens (including phenoxy) is 1. The van der Waals surface area contributed by atoms with Gasteiger partial charge in [0.1, 0.15) is 6.23 Å². The van der Waals surface area contributed by atoms with Crippen molar-refractivity contribution in [2.24, 2.45) is 0 Å². The van der Waals surface area contributed by atoms with Crippen LogP contribution in [0.15, 0.2) is 36.6 Å². The normalized spacial score (nSPS) is 18.4. The highest BCUT2D eigenvalue weighted by Gasteiger charge is 2.12. The number of aliphatic hydroxyl groups is 1. The molecule has 1 aliphatic rings. The van der Waals surface area contributed by atoms with E-state index < -0.39 is 6.23 Å². The molecule has 0 bridgehead atoms. The van der Waals surface area contributed by atoms with Gasteiger partial charge in [0, 0.05) is 11.1 Å². The van der Waals surface area contributed by atoms with Crippen LogP contribution < -0.4 is 4.74 Å². The molecule has 0 radical (unpaired) electrons. The highest BCUT2D eigenvalue weighted by atomic mass is 79.9. The van der Waals surface area contributed by atoms with E-state index in [1.807, 2.05) is 35.4 Å². The second-order valence-corrected chi connectivity index (χ2v) is 4.37. The van der Waals surface area contributed by atoms with Crippen LogP contribution in [0.5, 0.6) is 5.06 Å². The Morgan fingerprint density at radius 2 is 2.25 bits per heavy atom. The zero-order chi connectivity index (χ0) is 10.7. The molecule has 0 spiro atoms. The summed E-state index contributed by atoms with van der Waals surface area (Å²) in [6.45, 7) is 0.704. The number of hydrogen-bond acceptors (Lipinski definition) is 4. The van der Waals surface area contributed by atoms with Gasteiger partial charge in [0.25, 0.3) is 0 Å². The number of thiophene rings is 1. The first-order valence-electron chi connectivity index (χ1n) is 4.71. The second kappa shape index (κ2) is 6.08. The Morgan fingerprint density at radius 1 is 1.44 bits per heavy atom. The molecular weight excluding hydrogens is 290 g/mol. The highest BCUT2D eigenvalue weighted by Crippen LogP contribution is 2.25. The van der Waals surface area contributed by atoms with Crippen molar-refractivity contribution < 1.29 is 9.84 Å². The predicted octanol–water partition coefficient (Wildman–Crippen LogP) is 2.54. The first-order valence-corrected chi connectivity index (χ1v) is 5.53. The molecule has 0 fully saturated rings. The number of hydrogen-bond donors (Lipinski definition) is 1. The van der Waals surface area contributed by atoms with Crippen molar-refractivity contribution in [1.29, 1.82) is 0 Å². The fourth-order valence-electron chi connectivity index (χ4n) is 1.40. The van der Waals surface area contributed by atoms with Crippen LogP contribution in [0, 0.1) is 0 Å². The maximum Gasteiger partial charge on any atom is 0.173 e. The first kappa shape index (κ1) is 13.3. The van der Waals surface area contributed by atoms with Gasteiger partial charge in [-0.25, -0.2) is 0 Å². The Balaban J connectivity index is 0.00000128. The Morgan fingerprint density at radius 3 is 2.88 bits per heavy atom. The molecule has 0 saturated carbocycles. The average Bonchev–Trinajstić information content (AvgIpc) is 2.69. The van der Waals surface area contributed by atoms with Crippen molar-refractivity contribution in [1.82, 2.24) is 4.90 Å². The van der Waals surface area contributed by atoms with E-state index >= 15 is 0 Å². The largest absolute Gasteiger partial charge is 0.487 e.